The summed E-state index contributed by atoms with van der Waals surface area (Å²) in [6, 6.07) is 9.13. The van der Waals surface area contributed by atoms with Crippen molar-refractivity contribution in [3.63, 3.8) is 0 Å². The van der Waals surface area contributed by atoms with Crippen molar-refractivity contribution in [1.82, 2.24) is 9.88 Å². The third kappa shape index (κ3) is 4.34. The number of hydrogen-bond donors (Lipinski definition) is 0. The van der Waals surface area contributed by atoms with Crippen molar-refractivity contribution in [2.24, 2.45) is 0 Å². The number of carbonyl (C=O) groups excluding carboxylic acids is 1. The van der Waals surface area contributed by atoms with Crippen LogP contribution in [-0.4, -0.2) is 59.6 Å². The molecule has 5 nitrogen and oxygen atoms in total. The van der Waals surface area contributed by atoms with Crippen LogP contribution in [-0.2, 0) is 0 Å². The zero-order valence-corrected chi connectivity index (χ0v) is 17.6. The highest BCUT2D eigenvalue weighted by molar-refractivity contribution is 7.99. The molecule has 148 valence electrons. The van der Waals surface area contributed by atoms with E-state index in [4.69, 9.17) is 27.9 Å². The summed E-state index contributed by atoms with van der Waals surface area (Å²) in [4.78, 5) is 21.2. The molecule has 0 bridgehead atoms. The molecule has 1 aromatic carbocycles. The molecule has 0 aliphatic carbocycles. The van der Waals surface area contributed by atoms with Crippen LogP contribution in [0.3, 0.4) is 0 Å². The van der Waals surface area contributed by atoms with Crippen LogP contribution in [0.25, 0.3) is 0 Å². The Morgan fingerprint density at radius 2 is 2.00 bits per heavy atom. The average Bonchev–Trinajstić information content (AvgIpc) is 3.23. The van der Waals surface area contributed by atoms with Crippen LogP contribution in [0.15, 0.2) is 36.5 Å². The van der Waals surface area contributed by atoms with Gasteiger partial charge in [-0.05, 0) is 30.4 Å². The van der Waals surface area contributed by atoms with Crippen LogP contribution in [0.1, 0.15) is 16.8 Å². The summed E-state index contributed by atoms with van der Waals surface area (Å²) in [7, 11) is 0. The number of thioether (sulfide) groups is 1. The van der Waals surface area contributed by atoms with E-state index in [1.165, 1.54) is 0 Å². The zero-order valence-electron chi connectivity index (χ0n) is 15.3. The first-order valence-electron chi connectivity index (χ1n) is 9.30. The number of benzene rings is 1. The molecule has 2 saturated heterocycles. The van der Waals surface area contributed by atoms with Crippen molar-refractivity contribution in [3.8, 4) is 5.88 Å². The van der Waals surface area contributed by atoms with Crippen molar-refractivity contribution in [1.29, 1.82) is 0 Å². The number of amides is 1. The number of halogens is 2. The topological polar surface area (TPSA) is 45.7 Å². The van der Waals surface area contributed by atoms with Crippen molar-refractivity contribution in [2.75, 3.05) is 42.6 Å². The van der Waals surface area contributed by atoms with Crippen molar-refractivity contribution >= 4 is 46.6 Å². The number of nitrogens with zero attached hydrogens (tertiary/aromatic N) is 3. The van der Waals surface area contributed by atoms with Gasteiger partial charge in [0.1, 0.15) is 6.10 Å². The van der Waals surface area contributed by atoms with E-state index < -0.39 is 0 Å². The molecule has 1 amide bonds. The van der Waals surface area contributed by atoms with Gasteiger partial charge in [0.15, 0.2) is 0 Å². The maximum Gasteiger partial charge on any atom is 0.254 e. The van der Waals surface area contributed by atoms with Crippen molar-refractivity contribution in [3.05, 3.63) is 52.1 Å². The molecule has 8 heteroatoms. The summed E-state index contributed by atoms with van der Waals surface area (Å²) in [5.41, 5.74) is 1.53. The molecule has 4 rings (SSSR count). The lowest BCUT2D eigenvalue weighted by Crippen LogP contribution is -2.48. The smallest absolute Gasteiger partial charge is 0.254 e. The molecule has 1 unspecified atom stereocenters. The van der Waals surface area contributed by atoms with E-state index in [1.807, 2.05) is 28.8 Å². The molecular formula is C20H21Cl2N3O2S. The summed E-state index contributed by atoms with van der Waals surface area (Å²) >= 11 is 14.3. The quantitative estimate of drug-likeness (QED) is 0.715. The summed E-state index contributed by atoms with van der Waals surface area (Å²) in [6.07, 6.45) is 2.86. The summed E-state index contributed by atoms with van der Waals surface area (Å²) < 4.78 is 5.91. The Kier molecular flexibility index (Phi) is 6.19. The van der Waals surface area contributed by atoms with E-state index in [2.05, 4.69) is 9.88 Å². The van der Waals surface area contributed by atoms with E-state index in [-0.39, 0.29) is 12.0 Å². The number of ether oxygens (including phenoxy) is 1. The van der Waals surface area contributed by atoms with Gasteiger partial charge >= 0.3 is 0 Å². The minimum absolute atomic E-state index is 0.00453. The Balaban J connectivity index is 1.39. The lowest BCUT2D eigenvalue weighted by Gasteiger charge is -2.36. The third-order valence-corrected chi connectivity index (χ3v) is 6.94. The molecule has 28 heavy (non-hydrogen) atoms. The summed E-state index contributed by atoms with van der Waals surface area (Å²) in [6.45, 7) is 2.66. The lowest BCUT2D eigenvalue weighted by atomic mass is 10.2. The van der Waals surface area contributed by atoms with E-state index in [1.54, 1.807) is 24.4 Å². The van der Waals surface area contributed by atoms with Crippen molar-refractivity contribution < 1.29 is 9.53 Å². The van der Waals surface area contributed by atoms with Gasteiger partial charge in [-0.15, -0.1) is 0 Å². The molecule has 2 aliphatic rings. The second kappa shape index (κ2) is 8.80. The van der Waals surface area contributed by atoms with Gasteiger partial charge in [0.25, 0.3) is 5.91 Å². The minimum Gasteiger partial charge on any atom is -0.473 e. The number of aromatic nitrogens is 1. The number of pyridine rings is 1. The Morgan fingerprint density at radius 1 is 1.18 bits per heavy atom. The molecule has 1 aromatic heterocycles. The van der Waals surface area contributed by atoms with Crippen molar-refractivity contribution in [2.45, 2.75) is 12.5 Å². The maximum atomic E-state index is 12.9. The van der Waals surface area contributed by atoms with Gasteiger partial charge in [0.05, 0.1) is 15.7 Å². The van der Waals surface area contributed by atoms with Crippen LogP contribution >= 0.6 is 35.0 Å². The van der Waals surface area contributed by atoms with Crippen LogP contribution in [0.2, 0.25) is 10.0 Å². The fourth-order valence-electron chi connectivity index (χ4n) is 3.45. The fourth-order valence-corrected chi connectivity index (χ4v) is 4.96. The number of anilines is 1. The Morgan fingerprint density at radius 3 is 2.75 bits per heavy atom. The fraction of sp³-hybridized carbons (Fsp3) is 0.400. The summed E-state index contributed by atoms with van der Waals surface area (Å²) in [5, 5.41) is 1.10. The normalized spacial score (nSPS) is 19.7. The van der Waals surface area contributed by atoms with Gasteiger partial charge in [-0.2, -0.15) is 11.8 Å². The first-order valence-corrected chi connectivity index (χ1v) is 11.2. The molecule has 3 heterocycles. The predicted octanol–water partition coefficient (Wildman–Crippen LogP) is 4.24. The van der Waals surface area contributed by atoms with Gasteiger partial charge in [-0.1, -0.05) is 29.3 Å². The molecule has 2 aromatic rings. The van der Waals surface area contributed by atoms with Gasteiger partial charge in [-0.3, -0.25) is 4.79 Å². The number of piperazine rings is 1. The Bertz CT molecular complexity index is 853. The molecule has 0 N–H and O–H groups in total. The van der Waals surface area contributed by atoms with Crippen LogP contribution in [0.4, 0.5) is 5.69 Å². The molecule has 0 saturated carbocycles. The van der Waals surface area contributed by atoms with Gasteiger partial charge in [0.2, 0.25) is 5.88 Å². The molecule has 1 atom stereocenters. The number of rotatable bonds is 4. The predicted molar refractivity (Wildman–Crippen MR) is 115 cm³/mol. The van der Waals surface area contributed by atoms with E-state index in [9.17, 15) is 4.79 Å². The largest absolute Gasteiger partial charge is 0.473 e. The second-order valence-corrected chi connectivity index (χ2v) is 8.77. The monoisotopic (exact) mass is 437 g/mol. The molecule has 2 aliphatic heterocycles. The van der Waals surface area contributed by atoms with Gasteiger partial charge in [-0.25, -0.2) is 4.98 Å². The first kappa shape index (κ1) is 19.7. The highest BCUT2D eigenvalue weighted by Crippen LogP contribution is 2.33. The van der Waals surface area contributed by atoms with Crippen LogP contribution < -0.4 is 9.64 Å². The Labute approximate surface area is 179 Å². The molecular weight excluding hydrogens is 417 g/mol. The molecule has 0 spiro atoms. The molecule has 2 fully saturated rings. The average molecular weight is 438 g/mol. The minimum atomic E-state index is 0.00453. The zero-order chi connectivity index (χ0) is 19.5. The van der Waals surface area contributed by atoms with Gasteiger partial charge < -0.3 is 14.5 Å². The standard InChI is InChI=1S/C20H21Cl2N3O2S/c21-16-2-1-3-17(19(16)22)24-7-9-25(10-8-24)20(26)14-4-6-23-18(12-14)27-15-5-11-28-13-15/h1-4,6,12,15H,5,7-11,13H2. The van der Waals surface area contributed by atoms with Crippen LogP contribution in [0, 0.1) is 0 Å². The third-order valence-electron chi connectivity index (χ3n) is 5.00. The first-order chi connectivity index (χ1) is 13.6. The number of carbonyl (C=O) groups is 1. The molecule has 0 radical (unpaired) electrons. The maximum absolute atomic E-state index is 12.9. The SMILES string of the molecule is O=C(c1ccnc(OC2CCSC2)c1)N1CCN(c2cccc(Cl)c2Cl)CC1. The van der Waals surface area contributed by atoms with E-state index in [0.717, 1.165) is 23.6 Å². The van der Waals surface area contributed by atoms with Crippen LogP contribution in [0.5, 0.6) is 5.88 Å². The number of hydrogen-bond acceptors (Lipinski definition) is 5. The Hall–Kier alpha value is -1.63. The summed E-state index contributed by atoms with van der Waals surface area (Å²) in [5.74, 6) is 2.63. The highest BCUT2D eigenvalue weighted by Gasteiger charge is 2.25. The van der Waals surface area contributed by atoms with E-state index >= 15 is 0 Å². The lowest BCUT2D eigenvalue weighted by molar-refractivity contribution is 0.0745. The van der Waals surface area contributed by atoms with Gasteiger partial charge in [0, 0.05) is 49.8 Å². The van der Waals surface area contributed by atoms with E-state index in [0.29, 0.717) is 47.7 Å². The highest BCUT2D eigenvalue weighted by atomic mass is 35.5. The second-order valence-electron chi connectivity index (χ2n) is 6.84.